The maximum absolute atomic E-state index is 12.5. The lowest BCUT2D eigenvalue weighted by Crippen LogP contribution is -2.65. The molecule has 7 nitrogen and oxygen atoms in total. The monoisotopic (exact) mass is 395 g/mol. The van der Waals surface area contributed by atoms with Crippen LogP contribution in [0.5, 0.6) is 0 Å². The predicted octanol–water partition coefficient (Wildman–Crippen LogP) is 1.81. The molecule has 0 unspecified atom stereocenters. The Labute approximate surface area is 170 Å². The van der Waals surface area contributed by atoms with Gasteiger partial charge in [-0.3, -0.25) is 9.59 Å². The first kappa shape index (κ1) is 23.2. The number of carbonyl (C=O) groups is 2. The van der Waals surface area contributed by atoms with Gasteiger partial charge in [-0.1, -0.05) is 6.42 Å². The van der Waals surface area contributed by atoms with E-state index in [1.54, 1.807) is 0 Å². The van der Waals surface area contributed by atoms with Crippen LogP contribution in [0.15, 0.2) is 0 Å². The van der Waals surface area contributed by atoms with E-state index in [0.29, 0.717) is 13.0 Å². The first-order valence-electron chi connectivity index (χ1n) is 10.4. The molecular weight excluding hydrogens is 357 g/mol. The zero-order valence-corrected chi connectivity index (χ0v) is 18.6. The standard InChI is InChI=1S/C20H38BN3O4/c1-14(25)23-20(17(22)26)12-15(8-9-16(20)13-24(6)7)10-11-21-27-18(2,3)19(4,5)28-21/h15-16H,8-13H2,1-7H3,(H2,22,26)(H,23,25)/t15-,16+,20+/m0/s1. The summed E-state index contributed by atoms with van der Waals surface area (Å²) in [4.78, 5) is 26.5. The molecule has 1 aliphatic carbocycles. The average Bonchev–Trinajstić information content (AvgIpc) is 2.73. The first-order valence-corrected chi connectivity index (χ1v) is 10.4. The SMILES string of the molecule is CC(=O)N[C@]1(C(N)=O)C[C@H](CCB2OC(C)(C)C(C)(C)O2)CC[C@@H]1CN(C)C. The largest absolute Gasteiger partial charge is 0.457 e. The average molecular weight is 395 g/mol. The minimum absolute atomic E-state index is 0.0111. The molecular formula is C20H38BN3O4. The molecule has 0 aromatic rings. The topological polar surface area (TPSA) is 93.9 Å². The van der Waals surface area contributed by atoms with Gasteiger partial charge in [0.25, 0.3) is 0 Å². The van der Waals surface area contributed by atoms with E-state index in [2.05, 4.69) is 10.2 Å². The van der Waals surface area contributed by atoms with Gasteiger partial charge in [0, 0.05) is 19.4 Å². The fourth-order valence-electron chi connectivity index (χ4n) is 4.63. The summed E-state index contributed by atoms with van der Waals surface area (Å²) in [7, 11) is 3.71. The Morgan fingerprint density at radius 2 is 1.71 bits per heavy atom. The van der Waals surface area contributed by atoms with E-state index in [-0.39, 0.29) is 36.1 Å². The van der Waals surface area contributed by atoms with Crippen molar-refractivity contribution in [2.24, 2.45) is 17.6 Å². The van der Waals surface area contributed by atoms with E-state index in [4.69, 9.17) is 15.0 Å². The number of hydrogen-bond donors (Lipinski definition) is 2. The quantitative estimate of drug-likeness (QED) is 0.642. The third kappa shape index (κ3) is 4.89. The van der Waals surface area contributed by atoms with Gasteiger partial charge in [0.1, 0.15) is 5.54 Å². The Bertz CT molecular complexity index is 580. The summed E-state index contributed by atoms with van der Waals surface area (Å²) in [6, 6.07) is 0. The van der Waals surface area contributed by atoms with Crippen LogP contribution in [0.4, 0.5) is 0 Å². The normalized spacial score (nSPS) is 31.8. The van der Waals surface area contributed by atoms with Crippen LogP contribution in [0.2, 0.25) is 6.32 Å². The Hall–Kier alpha value is -1.12. The molecule has 2 aliphatic rings. The van der Waals surface area contributed by atoms with E-state index in [1.807, 2.05) is 41.8 Å². The predicted molar refractivity (Wildman–Crippen MR) is 111 cm³/mol. The minimum atomic E-state index is -0.991. The van der Waals surface area contributed by atoms with Crippen molar-refractivity contribution in [1.82, 2.24) is 10.2 Å². The summed E-state index contributed by atoms with van der Waals surface area (Å²) in [6.07, 6.45) is 4.08. The number of nitrogens with one attached hydrogen (secondary N) is 1. The van der Waals surface area contributed by atoms with Crippen molar-refractivity contribution in [3.8, 4) is 0 Å². The van der Waals surface area contributed by atoms with Gasteiger partial charge in [0.2, 0.25) is 11.8 Å². The molecule has 0 bridgehead atoms. The molecule has 2 rings (SSSR count). The molecule has 1 heterocycles. The van der Waals surface area contributed by atoms with Gasteiger partial charge in [0.15, 0.2) is 0 Å². The van der Waals surface area contributed by atoms with E-state index < -0.39 is 11.4 Å². The Balaban J connectivity index is 2.08. The third-order valence-corrected chi connectivity index (χ3v) is 6.77. The maximum Gasteiger partial charge on any atom is 0.457 e. The highest BCUT2D eigenvalue weighted by atomic mass is 16.7. The molecule has 0 aromatic carbocycles. The number of nitrogens with two attached hydrogens (primary N) is 1. The lowest BCUT2D eigenvalue weighted by Gasteiger charge is -2.46. The van der Waals surface area contributed by atoms with Crippen molar-refractivity contribution in [2.75, 3.05) is 20.6 Å². The van der Waals surface area contributed by atoms with Crippen molar-refractivity contribution in [3.05, 3.63) is 0 Å². The molecule has 0 spiro atoms. The second-order valence-electron chi connectivity index (χ2n) is 9.89. The van der Waals surface area contributed by atoms with E-state index in [0.717, 1.165) is 25.6 Å². The molecule has 0 radical (unpaired) electrons. The van der Waals surface area contributed by atoms with E-state index >= 15 is 0 Å². The van der Waals surface area contributed by atoms with Crippen molar-refractivity contribution in [2.45, 2.75) is 83.4 Å². The lowest BCUT2D eigenvalue weighted by atomic mass is 9.65. The Morgan fingerprint density at radius 1 is 1.14 bits per heavy atom. The third-order valence-electron chi connectivity index (χ3n) is 6.77. The molecule has 0 aromatic heterocycles. The molecule has 3 atom stereocenters. The summed E-state index contributed by atoms with van der Waals surface area (Å²) in [6.45, 7) is 10.4. The molecule has 1 saturated heterocycles. The van der Waals surface area contributed by atoms with Crippen LogP contribution in [0.1, 0.15) is 60.3 Å². The number of nitrogens with zero attached hydrogens (tertiary/aromatic N) is 1. The van der Waals surface area contributed by atoms with Crippen molar-refractivity contribution in [1.29, 1.82) is 0 Å². The van der Waals surface area contributed by atoms with Crippen LogP contribution in [0, 0.1) is 11.8 Å². The summed E-state index contributed by atoms with van der Waals surface area (Å²) in [5.41, 5.74) is 4.18. The van der Waals surface area contributed by atoms with Gasteiger partial charge in [-0.05, 0) is 73.3 Å². The van der Waals surface area contributed by atoms with Gasteiger partial charge < -0.3 is 25.3 Å². The number of amides is 2. The maximum atomic E-state index is 12.5. The van der Waals surface area contributed by atoms with E-state index in [9.17, 15) is 9.59 Å². The molecule has 2 amide bonds. The second-order valence-corrected chi connectivity index (χ2v) is 9.89. The van der Waals surface area contributed by atoms with Crippen LogP contribution >= 0.6 is 0 Å². The number of rotatable bonds is 7. The fourth-order valence-corrected chi connectivity index (χ4v) is 4.63. The molecule has 3 N–H and O–H groups in total. The smallest absolute Gasteiger partial charge is 0.403 e. The minimum Gasteiger partial charge on any atom is -0.403 e. The molecule has 160 valence electrons. The summed E-state index contributed by atoms with van der Waals surface area (Å²) < 4.78 is 12.2. The highest BCUT2D eigenvalue weighted by Crippen LogP contribution is 2.42. The van der Waals surface area contributed by atoms with Crippen LogP contribution in [-0.4, -0.2) is 61.2 Å². The molecule has 2 fully saturated rings. The van der Waals surface area contributed by atoms with Crippen LogP contribution in [0.25, 0.3) is 0 Å². The summed E-state index contributed by atoms with van der Waals surface area (Å²) in [5, 5.41) is 2.93. The van der Waals surface area contributed by atoms with Gasteiger partial charge in [0.05, 0.1) is 11.2 Å². The van der Waals surface area contributed by atoms with Crippen molar-refractivity contribution >= 4 is 18.9 Å². The number of carbonyl (C=O) groups excluding carboxylic acids is 2. The Kier molecular flexibility index (Phi) is 6.89. The summed E-state index contributed by atoms with van der Waals surface area (Å²) >= 11 is 0. The fraction of sp³-hybridized carbons (Fsp3) is 0.900. The van der Waals surface area contributed by atoms with Gasteiger partial charge in [-0.15, -0.1) is 0 Å². The molecule has 8 heteroatoms. The zero-order chi connectivity index (χ0) is 21.3. The first-order chi connectivity index (χ1) is 12.8. The Morgan fingerprint density at radius 3 is 2.18 bits per heavy atom. The van der Waals surface area contributed by atoms with Gasteiger partial charge in [-0.2, -0.15) is 0 Å². The van der Waals surface area contributed by atoms with E-state index in [1.165, 1.54) is 6.92 Å². The van der Waals surface area contributed by atoms with Gasteiger partial charge >= 0.3 is 7.12 Å². The van der Waals surface area contributed by atoms with Crippen LogP contribution in [0.3, 0.4) is 0 Å². The van der Waals surface area contributed by atoms with Crippen LogP contribution < -0.4 is 11.1 Å². The number of hydrogen-bond acceptors (Lipinski definition) is 5. The van der Waals surface area contributed by atoms with Crippen molar-refractivity contribution < 1.29 is 18.9 Å². The highest BCUT2D eigenvalue weighted by molar-refractivity contribution is 6.45. The lowest BCUT2D eigenvalue weighted by molar-refractivity contribution is -0.136. The second kappa shape index (κ2) is 8.32. The number of primary amides is 1. The molecule has 1 aliphatic heterocycles. The molecule has 1 saturated carbocycles. The zero-order valence-electron chi connectivity index (χ0n) is 18.6. The van der Waals surface area contributed by atoms with Crippen LogP contribution in [-0.2, 0) is 18.9 Å². The van der Waals surface area contributed by atoms with Gasteiger partial charge in [-0.25, -0.2) is 0 Å². The highest BCUT2D eigenvalue weighted by Gasteiger charge is 2.52. The summed E-state index contributed by atoms with van der Waals surface area (Å²) in [5.74, 6) is -0.349. The molecule has 28 heavy (non-hydrogen) atoms. The van der Waals surface area contributed by atoms with Crippen molar-refractivity contribution in [3.63, 3.8) is 0 Å².